The van der Waals surface area contributed by atoms with Gasteiger partial charge in [-0.1, -0.05) is 24.6 Å². The molecule has 0 bridgehead atoms. The van der Waals surface area contributed by atoms with Crippen molar-refractivity contribution in [1.82, 2.24) is 15.3 Å². The van der Waals surface area contributed by atoms with Crippen LogP contribution in [-0.4, -0.2) is 15.6 Å². The molecule has 22 heavy (non-hydrogen) atoms. The predicted molar refractivity (Wildman–Crippen MR) is 81.4 cm³/mol. The van der Waals surface area contributed by atoms with Crippen molar-refractivity contribution >= 4 is 6.08 Å². The molecule has 1 spiro atoms. The van der Waals surface area contributed by atoms with Crippen molar-refractivity contribution in [2.24, 2.45) is 5.10 Å². The van der Waals surface area contributed by atoms with Crippen LogP contribution in [0, 0.1) is 0 Å². The van der Waals surface area contributed by atoms with Gasteiger partial charge >= 0.3 is 0 Å². The molecule has 0 saturated heterocycles. The molecule has 3 heterocycles. The van der Waals surface area contributed by atoms with Gasteiger partial charge in [-0.15, -0.1) is 5.10 Å². The number of rotatable bonds is 0. The third-order valence-corrected chi connectivity index (χ3v) is 4.69. The molecule has 5 rings (SSSR count). The fourth-order valence-electron chi connectivity index (χ4n) is 3.51. The van der Waals surface area contributed by atoms with E-state index in [9.17, 15) is 0 Å². The molecule has 2 N–H and O–H groups in total. The Bertz CT molecular complexity index is 863. The van der Waals surface area contributed by atoms with Crippen molar-refractivity contribution in [3.8, 4) is 11.6 Å². The molecule has 2 aromatic rings. The maximum atomic E-state index is 5.91. The van der Waals surface area contributed by atoms with E-state index in [1.165, 1.54) is 19.3 Å². The van der Waals surface area contributed by atoms with Crippen LogP contribution in [0.25, 0.3) is 6.08 Å². The molecule has 1 aromatic heterocycles. The number of benzene rings is 1. The summed E-state index contributed by atoms with van der Waals surface area (Å²) in [6.07, 6.45) is 7.91. The van der Waals surface area contributed by atoms with Gasteiger partial charge in [-0.2, -0.15) is 9.89 Å². The molecule has 1 fully saturated rings. The maximum Gasteiger partial charge on any atom is 0.250 e. The molecule has 0 radical (unpaired) electrons. The Morgan fingerprint density at radius 2 is 2.00 bits per heavy atom. The van der Waals surface area contributed by atoms with E-state index in [-0.39, 0.29) is 5.66 Å². The fourth-order valence-corrected chi connectivity index (χ4v) is 3.51. The molecule has 1 aromatic carbocycles. The number of fused-ring (bicyclic) bond motifs is 4. The molecular weight excluding hydrogens is 278 g/mol. The largest absolute Gasteiger partial charge is 0.436 e. The van der Waals surface area contributed by atoms with Gasteiger partial charge in [-0.25, -0.2) is 0 Å². The highest BCUT2D eigenvalue weighted by atomic mass is 16.5. The zero-order chi connectivity index (χ0) is 14.6. The van der Waals surface area contributed by atoms with Crippen molar-refractivity contribution in [2.45, 2.75) is 37.8 Å². The SMILES string of the molecule is C1=c2c(nn3c2=NNC2(CCCCC2)N3)Oc2ccccc21. The molecule has 112 valence electrons. The van der Waals surface area contributed by atoms with Crippen molar-refractivity contribution in [1.29, 1.82) is 0 Å². The van der Waals surface area contributed by atoms with Crippen LogP contribution in [0.1, 0.15) is 37.7 Å². The Morgan fingerprint density at radius 1 is 1.14 bits per heavy atom. The molecule has 0 atom stereocenters. The lowest BCUT2D eigenvalue weighted by Gasteiger charge is -2.39. The minimum absolute atomic E-state index is 0.160. The maximum absolute atomic E-state index is 5.91. The van der Waals surface area contributed by atoms with E-state index in [0.29, 0.717) is 5.88 Å². The summed E-state index contributed by atoms with van der Waals surface area (Å²) in [5.74, 6) is 1.45. The second kappa shape index (κ2) is 4.25. The lowest BCUT2D eigenvalue weighted by molar-refractivity contribution is 0.222. The first-order valence-corrected chi connectivity index (χ1v) is 7.84. The van der Waals surface area contributed by atoms with Gasteiger partial charge in [0.25, 0.3) is 0 Å². The van der Waals surface area contributed by atoms with Crippen molar-refractivity contribution in [3.05, 3.63) is 40.5 Å². The predicted octanol–water partition coefficient (Wildman–Crippen LogP) is 1.16. The Balaban J connectivity index is 1.62. The molecule has 1 aliphatic carbocycles. The van der Waals surface area contributed by atoms with Gasteiger partial charge in [0.15, 0.2) is 0 Å². The average Bonchev–Trinajstić information content (AvgIpc) is 2.89. The number of hydrogen-bond acceptors (Lipinski definition) is 5. The molecular formula is C16H17N5O. The van der Waals surface area contributed by atoms with Crippen LogP contribution in [-0.2, 0) is 0 Å². The second-order valence-corrected chi connectivity index (χ2v) is 6.22. The van der Waals surface area contributed by atoms with Gasteiger partial charge in [-0.3, -0.25) is 10.9 Å². The standard InChI is InChI=1S/C16H17N5O/c1-4-8-16(9-5-1)19-17-14-12-10-11-6-2-3-7-13(11)22-15(12)18-21(14)20-16/h2-3,6-7,10,19-20H,1,4-5,8-9H2. The van der Waals surface area contributed by atoms with Crippen molar-refractivity contribution in [2.75, 3.05) is 5.43 Å². The minimum Gasteiger partial charge on any atom is -0.436 e. The zero-order valence-electron chi connectivity index (χ0n) is 12.2. The Morgan fingerprint density at radius 3 is 2.91 bits per heavy atom. The minimum atomic E-state index is -0.160. The van der Waals surface area contributed by atoms with E-state index in [0.717, 1.165) is 34.9 Å². The lowest BCUT2D eigenvalue weighted by atomic mass is 9.90. The van der Waals surface area contributed by atoms with Crippen LogP contribution in [0.2, 0.25) is 0 Å². The molecule has 1 saturated carbocycles. The van der Waals surface area contributed by atoms with Gasteiger partial charge in [-0.05, 0) is 37.8 Å². The summed E-state index contributed by atoms with van der Waals surface area (Å²) in [6, 6.07) is 7.96. The number of para-hydroxylation sites is 1. The van der Waals surface area contributed by atoms with Crippen LogP contribution in [0.15, 0.2) is 29.4 Å². The third kappa shape index (κ3) is 1.66. The van der Waals surface area contributed by atoms with E-state index in [1.807, 2.05) is 24.3 Å². The van der Waals surface area contributed by atoms with Gasteiger partial charge in [0.2, 0.25) is 11.4 Å². The summed E-state index contributed by atoms with van der Waals surface area (Å²) in [4.78, 5) is 1.77. The fraction of sp³-hybridized carbons (Fsp3) is 0.375. The summed E-state index contributed by atoms with van der Waals surface area (Å²) in [5, 5.41) is 10.1. The highest BCUT2D eigenvalue weighted by Crippen LogP contribution is 2.28. The number of hydrogen-bond donors (Lipinski definition) is 2. The molecule has 3 aliphatic rings. The first-order chi connectivity index (χ1) is 10.8. The number of aromatic nitrogens is 2. The Hall–Kier alpha value is -2.50. The monoisotopic (exact) mass is 295 g/mol. The highest BCUT2D eigenvalue weighted by Gasteiger charge is 2.35. The van der Waals surface area contributed by atoms with Crippen molar-refractivity contribution in [3.63, 3.8) is 0 Å². The molecule has 2 aliphatic heterocycles. The van der Waals surface area contributed by atoms with Gasteiger partial charge in [0, 0.05) is 5.56 Å². The summed E-state index contributed by atoms with van der Waals surface area (Å²) in [7, 11) is 0. The highest BCUT2D eigenvalue weighted by molar-refractivity contribution is 5.61. The second-order valence-electron chi connectivity index (χ2n) is 6.22. The van der Waals surface area contributed by atoms with Crippen LogP contribution in [0.3, 0.4) is 0 Å². The van der Waals surface area contributed by atoms with Crippen LogP contribution in [0.5, 0.6) is 11.6 Å². The lowest BCUT2D eigenvalue weighted by Crippen LogP contribution is -2.61. The van der Waals surface area contributed by atoms with Crippen LogP contribution >= 0.6 is 0 Å². The molecule has 0 unspecified atom stereocenters. The number of ether oxygens (including phenoxy) is 1. The average molecular weight is 295 g/mol. The summed E-state index contributed by atoms with van der Waals surface area (Å²) >= 11 is 0. The van der Waals surface area contributed by atoms with E-state index in [1.54, 1.807) is 4.79 Å². The van der Waals surface area contributed by atoms with Gasteiger partial charge < -0.3 is 4.74 Å². The molecule has 6 heteroatoms. The van der Waals surface area contributed by atoms with E-state index in [4.69, 9.17) is 4.74 Å². The van der Waals surface area contributed by atoms with Crippen LogP contribution < -0.4 is 26.3 Å². The number of nitrogens with one attached hydrogen (secondary N) is 2. The first kappa shape index (κ1) is 12.1. The summed E-state index contributed by atoms with van der Waals surface area (Å²) < 4.78 is 5.91. The third-order valence-electron chi connectivity index (χ3n) is 4.69. The smallest absolute Gasteiger partial charge is 0.250 e. The van der Waals surface area contributed by atoms with Crippen LogP contribution in [0.4, 0.5) is 0 Å². The molecule has 0 amide bonds. The molecule has 6 nitrogen and oxygen atoms in total. The quantitative estimate of drug-likeness (QED) is 0.653. The van der Waals surface area contributed by atoms with E-state index in [2.05, 4.69) is 27.1 Å². The Kier molecular flexibility index (Phi) is 2.34. The zero-order valence-corrected chi connectivity index (χ0v) is 12.2. The van der Waals surface area contributed by atoms with Gasteiger partial charge in [0.1, 0.15) is 11.4 Å². The topological polar surface area (TPSA) is 63.5 Å². The van der Waals surface area contributed by atoms with Gasteiger partial charge in [0.05, 0.1) is 5.22 Å². The van der Waals surface area contributed by atoms with E-state index >= 15 is 0 Å². The Labute approximate surface area is 127 Å². The summed E-state index contributed by atoms with van der Waals surface area (Å²) in [6.45, 7) is 0. The van der Waals surface area contributed by atoms with E-state index < -0.39 is 0 Å². The first-order valence-electron chi connectivity index (χ1n) is 7.84. The number of nitrogens with zero attached hydrogens (tertiary/aromatic N) is 3. The summed E-state index contributed by atoms with van der Waals surface area (Å²) in [5.41, 5.74) is 8.50. The van der Waals surface area contributed by atoms with Crippen molar-refractivity contribution < 1.29 is 4.74 Å². The normalized spacial score (nSPS) is 20.2.